The molecule has 1 aromatic rings. The Morgan fingerprint density at radius 1 is 1.30 bits per heavy atom. The molecule has 2 amide bonds. The zero-order valence-electron chi connectivity index (χ0n) is 11.5. The second-order valence-corrected chi connectivity index (χ2v) is 6.28. The number of nitrogens with one attached hydrogen (secondary N) is 2. The molecule has 0 spiro atoms. The van der Waals surface area contributed by atoms with Crippen molar-refractivity contribution in [1.82, 2.24) is 10.6 Å². The monoisotopic (exact) mass is 404 g/mol. The molecular formula is C14H18Br2N2O2. The Morgan fingerprint density at radius 2 is 2.00 bits per heavy atom. The summed E-state index contributed by atoms with van der Waals surface area (Å²) in [4.78, 5) is 23.5. The van der Waals surface area contributed by atoms with Gasteiger partial charge in [0, 0.05) is 28.0 Å². The summed E-state index contributed by atoms with van der Waals surface area (Å²) in [5, 5.41) is 5.59. The average molecular weight is 406 g/mol. The van der Waals surface area contributed by atoms with Gasteiger partial charge in [-0.1, -0.05) is 22.9 Å². The van der Waals surface area contributed by atoms with Gasteiger partial charge in [-0.05, 0) is 47.5 Å². The molecule has 1 aromatic carbocycles. The van der Waals surface area contributed by atoms with E-state index in [1.165, 1.54) is 0 Å². The molecule has 0 bridgehead atoms. The van der Waals surface area contributed by atoms with Crippen LogP contribution in [0.4, 0.5) is 0 Å². The summed E-state index contributed by atoms with van der Waals surface area (Å²) in [6, 6.07) is 5.50. The third-order valence-corrected chi connectivity index (χ3v) is 3.98. The average Bonchev–Trinajstić information content (AvgIpc) is 2.38. The standard InChI is InChI=1S/C14H18Br2N2O2/c1-3-9(2)18-13(19)6-7-17-14(20)11-5-4-10(15)8-12(11)16/h4-5,8-9H,3,6-7H2,1-2H3,(H,17,20)(H,18,19). The van der Waals surface area contributed by atoms with Crippen LogP contribution in [0, 0.1) is 0 Å². The number of amides is 2. The van der Waals surface area contributed by atoms with Crippen molar-refractivity contribution in [3.63, 3.8) is 0 Å². The maximum Gasteiger partial charge on any atom is 0.252 e. The van der Waals surface area contributed by atoms with Gasteiger partial charge in [-0.15, -0.1) is 0 Å². The van der Waals surface area contributed by atoms with Crippen LogP contribution < -0.4 is 10.6 Å². The number of carbonyl (C=O) groups excluding carboxylic acids is 2. The minimum atomic E-state index is -0.194. The van der Waals surface area contributed by atoms with Crippen molar-refractivity contribution in [2.75, 3.05) is 6.54 Å². The zero-order chi connectivity index (χ0) is 15.1. The van der Waals surface area contributed by atoms with Crippen LogP contribution in [0.15, 0.2) is 27.1 Å². The van der Waals surface area contributed by atoms with Crippen molar-refractivity contribution in [2.24, 2.45) is 0 Å². The maximum absolute atomic E-state index is 11.9. The van der Waals surface area contributed by atoms with E-state index in [2.05, 4.69) is 42.5 Å². The molecule has 6 heteroatoms. The van der Waals surface area contributed by atoms with Gasteiger partial charge in [0.25, 0.3) is 5.91 Å². The summed E-state index contributed by atoms with van der Waals surface area (Å²) in [6.07, 6.45) is 1.17. The molecule has 0 saturated carbocycles. The van der Waals surface area contributed by atoms with Gasteiger partial charge in [-0.2, -0.15) is 0 Å². The number of halogens is 2. The van der Waals surface area contributed by atoms with E-state index in [0.717, 1.165) is 10.9 Å². The quantitative estimate of drug-likeness (QED) is 0.763. The summed E-state index contributed by atoms with van der Waals surface area (Å²) in [7, 11) is 0. The second-order valence-electron chi connectivity index (χ2n) is 4.51. The Hall–Kier alpha value is -0.880. The molecule has 20 heavy (non-hydrogen) atoms. The molecule has 1 rings (SSSR count). The molecule has 0 aliphatic heterocycles. The number of carbonyl (C=O) groups is 2. The van der Waals surface area contributed by atoms with Crippen LogP contribution >= 0.6 is 31.9 Å². The van der Waals surface area contributed by atoms with Crippen molar-refractivity contribution in [3.8, 4) is 0 Å². The first-order chi connectivity index (χ1) is 9.43. The van der Waals surface area contributed by atoms with E-state index in [-0.39, 0.29) is 24.3 Å². The first kappa shape index (κ1) is 17.2. The molecule has 0 heterocycles. The highest BCUT2D eigenvalue weighted by atomic mass is 79.9. The highest BCUT2D eigenvalue weighted by Gasteiger charge is 2.11. The SMILES string of the molecule is CCC(C)NC(=O)CCNC(=O)c1ccc(Br)cc1Br. The molecule has 0 aliphatic carbocycles. The molecule has 2 N–H and O–H groups in total. The molecule has 0 aromatic heterocycles. The number of hydrogen-bond acceptors (Lipinski definition) is 2. The first-order valence-electron chi connectivity index (χ1n) is 6.46. The fraction of sp³-hybridized carbons (Fsp3) is 0.429. The maximum atomic E-state index is 11.9. The number of hydrogen-bond donors (Lipinski definition) is 2. The summed E-state index contributed by atoms with van der Waals surface area (Å²) < 4.78 is 1.61. The van der Waals surface area contributed by atoms with E-state index in [1.807, 2.05) is 19.9 Å². The number of rotatable bonds is 6. The van der Waals surface area contributed by atoms with Gasteiger partial charge in [-0.25, -0.2) is 0 Å². The third-order valence-electron chi connectivity index (χ3n) is 2.83. The summed E-state index contributed by atoms with van der Waals surface area (Å²) in [5.74, 6) is -0.241. The summed E-state index contributed by atoms with van der Waals surface area (Å²) >= 11 is 6.67. The van der Waals surface area contributed by atoms with Crippen LogP contribution in [0.2, 0.25) is 0 Å². The van der Waals surface area contributed by atoms with Crippen LogP contribution in [-0.4, -0.2) is 24.4 Å². The molecule has 1 atom stereocenters. The van der Waals surface area contributed by atoms with E-state index >= 15 is 0 Å². The van der Waals surface area contributed by atoms with Gasteiger partial charge in [0.05, 0.1) is 5.56 Å². The third kappa shape index (κ3) is 5.63. The highest BCUT2D eigenvalue weighted by molar-refractivity contribution is 9.11. The molecular weight excluding hydrogens is 388 g/mol. The van der Waals surface area contributed by atoms with Gasteiger partial charge in [0.1, 0.15) is 0 Å². The predicted molar refractivity (Wildman–Crippen MR) is 86.7 cm³/mol. The predicted octanol–water partition coefficient (Wildman–Crippen LogP) is 3.25. The first-order valence-corrected chi connectivity index (χ1v) is 8.05. The molecule has 1 unspecified atom stereocenters. The minimum Gasteiger partial charge on any atom is -0.354 e. The molecule has 0 fully saturated rings. The van der Waals surface area contributed by atoms with Crippen LogP contribution in [0.1, 0.15) is 37.0 Å². The van der Waals surface area contributed by atoms with Crippen LogP contribution in [0.5, 0.6) is 0 Å². The molecule has 0 radical (unpaired) electrons. The molecule has 110 valence electrons. The Kier molecular flexibility index (Phi) is 7.23. The molecule has 0 aliphatic rings. The fourth-order valence-electron chi connectivity index (χ4n) is 1.51. The van der Waals surface area contributed by atoms with E-state index in [1.54, 1.807) is 12.1 Å². The van der Waals surface area contributed by atoms with Crippen molar-refractivity contribution >= 4 is 43.7 Å². The zero-order valence-corrected chi connectivity index (χ0v) is 14.7. The summed E-state index contributed by atoms with van der Waals surface area (Å²) in [5.41, 5.74) is 0.551. The van der Waals surface area contributed by atoms with Crippen molar-refractivity contribution < 1.29 is 9.59 Å². The van der Waals surface area contributed by atoms with Gasteiger partial charge in [0.15, 0.2) is 0 Å². The van der Waals surface area contributed by atoms with Gasteiger partial charge in [-0.3, -0.25) is 9.59 Å². The Labute approximate surface area is 136 Å². The lowest BCUT2D eigenvalue weighted by atomic mass is 10.2. The second kappa shape index (κ2) is 8.42. The van der Waals surface area contributed by atoms with Crippen LogP contribution in [0.25, 0.3) is 0 Å². The lowest BCUT2D eigenvalue weighted by Crippen LogP contribution is -2.35. The lowest BCUT2D eigenvalue weighted by Gasteiger charge is -2.11. The fourth-order valence-corrected chi connectivity index (χ4v) is 2.73. The van der Waals surface area contributed by atoms with Crippen LogP contribution in [0.3, 0.4) is 0 Å². The highest BCUT2D eigenvalue weighted by Crippen LogP contribution is 2.21. The summed E-state index contributed by atoms with van der Waals surface area (Å²) in [6.45, 7) is 4.29. The number of benzene rings is 1. The molecule has 0 saturated heterocycles. The van der Waals surface area contributed by atoms with E-state index in [4.69, 9.17) is 0 Å². The molecule has 4 nitrogen and oxygen atoms in total. The Balaban J connectivity index is 2.42. The Morgan fingerprint density at radius 3 is 2.60 bits per heavy atom. The van der Waals surface area contributed by atoms with E-state index < -0.39 is 0 Å². The van der Waals surface area contributed by atoms with Gasteiger partial charge >= 0.3 is 0 Å². The van der Waals surface area contributed by atoms with Crippen molar-refractivity contribution in [2.45, 2.75) is 32.7 Å². The topological polar surface area (TPSA) is 58.2 Å². The van der Waals surface area contributed by atoms with Crippen molar-refractivity contribution in [3.05, 3.63) is 32.7 Å². The Bertz CT molecular complexity index is 492. The normalized spacial score (nSPS) is 11.8. The van der Waals surface area contributed by atoms with E-state index in [9.17, 15) is 9.59 Å². The lowest BCUT2D eigenvalue weighted by molar-refractivity contribution is -0.121. The largest absolute Gasteiger partial charge is 0.354 e. The van der Waals surface area contributed by atoms with Gasteiger partial charge < -0.3 is 10.6 Å². The smallest absolute Gasteiger partial charge is 0.252 e. The van der Waals surface area contributed by atoms with Crippen LogP contribution in [-0.2, 0) is 4.79 Å². The van der Waals surface area contributed by atoms with Gasteiger partial charge in [0.2, 0.25) is 5.91 Å². The van der Waals surface area contributed by atoms with Crippen molar-refractivity contribution in [1.29, 1.82) is 0 Å². The minimum absolute atomic E-state index is 0.0467. The van der Waals surface area contributed by atoms with E-state index in [0.29, 0.717) is 16.6 Å².